The van der Waals surface area contributed by atoms with E-state index in [9.17, 15) is 22.8 Å². The first-order valence-corrected chi connectivity index (χ1v) is 12.3. The van der Waals surface area contributed by atoms with Gasteiger partial charge in [-0.2, -0.15) is 13.2 Å². The van der Waals surface area contributed by atoms with Gasteiger partial charge in [0.15, 0.2) is 0 Å². The van der Waals surface area contributed by atoms with Crippen LogP contribution in [0.4, 0.5) is 13.2 Å². The topological polar surface area (TPSA) is 64.6 Å². The third kappa shape index (κ3) is 6.66. The summed E-state index contributed by atoms with van der Waals surface area (Å²) >= 11 is 1.32. The van der Waals surface area contributed by atoms with Crippen LogP contribution < -0.4 is 10.1 Å². The number of carbonyl (C=O) groups excluding carboxylic acids is 2. The smallest absolute Gasteiger partial charge is 0.416 e. The van der Waals surface area contributed by atoms with Crippen LogP contribution in [-0.2, 0) is 15.7 Å². The number of alkyl halides is 3. The van der Waals surface area contributed by atoms with Gasteiger partial charge < -0.3 is 14.8 Å². The average Bonchev–Trinajstić information content (AvgIpc) is 3.32. The molecule has 36 heavy (non-hydrogen) atoms. The Hall–Kier alpha value is -3.33. The van der Waals surface area contributed by atoms with Crippen LogP contribution in [0.3, 0.4) is 0 Å². The van der Waals surface area contributed by atoms with Gasteiger partial charge in [0.2, 0.25) is 0 Å². The number of aryl methyl sites for hydroxylation is 2. The zero-order valence-electron chi connectivity index (χ0n) is 20.5. The second kappa shape index (κ2) is 11.6. The van der Waals surface area contributed by atoms with Crippen LogP contribution in [0.25, 0.3) is 11.1 Å². The van der Waals surface area contributed by atoms with E-state index in [0.29, 0.717) is 22.6 Å². The van der Waals surface area contributed by atoms with E-state index in [0.717, 1.165) is 33.7 Å². The molecule has 0 aliphatic carbocycles. The third-order valence-corrected chi connectivity index (χ3v) is 6.84. The van der Waals surface area contributed by atoms with E-state index in [2.05, 4.69) is 10.1 Å². The maximum atomic E-state index is 12.9. The molecule has 1 amide bonds. The molecule has 0 fully saturated rings. The van der Waals surface area contributed by atoms with E-state index in [1.807, 2.05) is 39.0 Å². The number of nitrogens with one attached hydrogen (secondary N) is 1. The summed E-state index contributed by atoms with van der Waals surface area (Å²) < 4.78 is 49.6. The number of rotatable bonds is 9. The number of thiophene rings is 1. The molecular weight excluding hydrogens is 491 g/mol. The molecule has 1 atom stereocenters. The third-order valence-electron chi connectivity index (χ3n) is 5.67. The SMILES string of the molecule is CCC(Oc1cc(C)c(-c2ccc(C(F)(F)F)cc2)c(C)c1)c1ccc(C(=O)NCCC(=O)OC)s1. The molecule has 0 saturated carbocycles. The van der Waals surface area contributed by atoms with Gasteiger partial charge in [0.05, 0.1) is 24.0 Å². The lowest BCUT2D eigenvalue weighted by molar-refractivity contribution is -0.140. The van der Waals surface area contributed by atoms with E-state index in [4.69, 9.17) is 4.74 Å². The van der Waals surface area contributed by atoms with E-state index in [1.54, 1.807) is 6.07 Å². The Labute approximate surface area is 212 Å². The molecule has 0 aliphatic heterocycles. The summed E-state index contributed by atoms with van der Waals surface area (Å²) in [6.45, 7) is 5.97. The molecule has 9 heteroatoms. The number of esters is 1. The van der Waals surface area contributed by atoms with Crippen LogP contribution in [-0.4, -0.2) is 25.5 Å². The molecule has 0 bridgehead atoms. The van der Waals surface area contributed by atoms with Crippen molar-refractivity contribution < 1.29 is 32.2 Å². The summed E-state index contributed by atoms with van der Waals surface area (Å²) in [6, 6.07) is 12.5. The Balaban J connectivity index is 1.73. The Morgan fingerprint density at radius 3 is 2.22 bits per heavy atom. The molecule has 3 rings (SSSR count). The second-order valence-corrected chi connectivity index (χ2v) is 9.42. The van der Waals surface area contributed by atoms with Crippen molar-refractivity contribution in [3.8, 4) is 16.9 Å². The highest BCUT2D eigenvalue weighted by Crippen LogP contribution is 2.36. The molecule has 1 unspecified atom stereocenters. The molecule has 1 N–H and O–H groups in total. The van der Waals surface area contributed by atoms with Gasteiger partial charge >= 0.3 is 12.1 Å². The first kappa shape index (κ1) is 27.3. The van der Waals surface area contributed by atoms with Crippen LogP contribution in [0.2, 0.25) is 0 Å². The summed E-state index contributed by atoms with van der Waals surface area (Å²) in [5, 5.41) is 2.70. The number of ether oxygens (including phenoxy) is 2. The highest BCUT2D eigenvalue weighted by atomic mass is 32.1. The Kier molecular flexibility index (Phi) is 8.79. The van der Waals surface area contributed by atoms with Crippen LogP contribution in [0, 0.1) is 13.8 Å². The van der Waals surface area contributed by atoms with Crippen LogP contribution in [0.5, 0.6) is 5.75 Å². The molecule has 1 aromatic heterocycles. The van der Waals surface area contributed by atoms with Gasteiger partial charge in [0.1, 0.15) is 11.9 Å². The van der Waals surface area contributed by atoms with E-state index >= 15 is 0 Å². The van der Waals surface area contributed by atoms with E-state index in [1.165, 1.54) is 30.6 Å². The minimum atomic E-state index is -4.37. The minimum Gasteiger partial charge on any atom is -0.485 e. The number of halogens is 3. The van der Waals surface area contributed by atoms with Crippen LogP contribution in [0.1, 0.15) is 57.1 Å². The lowest BCUT2D eigenvalue weighted by atomic mass is 9.94. The molecule has 0 radical (unpaired) electrons. The summed E-state index contributed by atoms with van der Waals surface area (Å²) in [4.78, 5) is 25.0. The van der Waals surface area contributed by atoms with Crippen molar-refractivity contribution in [2.24, 2.45) is 0 Å². The molecule has 3 aromatic rings. The van der Waals surface area contributed by atoms with Gasteiger partial charge in [0.25, 0.3) is 5.91 Å². The van der Waals surface area contributed by atoms with E-state index in [-0.39, 0.29) is 25.0 Å². The van der Waals surface area contributed by atoms with Crippen molar-refractivity contribution in [2.45, 2.75) is 45.9 Å². The lowest BCUT2D eigenvalue weighted by Crippen LogP contribution is -2.25. The number of carbonyl (C=O) groups is 2. The van der Waals surface area contributed by atoms with Gasteiger partial charge in [-0.1, -0.05) is 19.1 Å². The average molecular weight is 520 g/mol. The molecular formula is C27H28F3NO4S. The second-order valence-electron chi connectivity index (χ2n) is 8.31. The predicted octanol–water partition coefficient (Wildman–Crippen LogP) is 6.87. The summed E-state index contributed by atoms with van der Waals surface area (Å²) in [7, 11) is 1.30. The van der Waals surface area contributed by atoms with Crippen LogP contribution in [0.15, 0.2) is 48.5 Å². The van der Waals surface area contributed by atoms with Gasteiger partial charge in [-0.3, -0.25) is 9.59 Å². The summed E-state index contributed by atoms with van der Waals surface area (Å²) in [5.74, 6) is -0.0147. The van der Waals surface area contributed by atoms with Gasteiger partial charge in [-0.05, 0) is 78.9 Å². The zero-order chi connectivity index (χ0) is 26.5. The normalized spacial score (nSPS) is 12.2. The fourth-order valence-electron chi connectivity index (χ4n) is 3.90. The molecule has 192 valence electrons. The Morgan fingerprint density at radius 2 is 1.67 bits per heavy atom. The molecule has 1 heterocycles. The lowest BCUT2D eigenvalue weighted by Gasteiger charge is -2.19. The van der Waals surface area contributed by atoms with Gasteiger partial charge in [0, 0.05) is 11.4 Å². The molecule has 0 saturated heterocycles. The summed E-state index contributed by atoms with van der Waals surface area (Å²) in [6.07, 6.45) is -3.88. The molecule has 5 nitrogen and oxygen atoms in total. The van der Waals surface area contributed by atoms with Crippen molar-refractivity contribution in [3.63, 3.8) is 0 Å². The first-order chi connectivity index (χ1) is 17.0. The first-order valence-electron chi connectivity index (χ1n) is 11.4. The van der Waals surface area contributed by atoms with Crippen molar-refractivity contribution in [1.82, 2.24) is 5.32 Å². The van der Waals surface area contributed by atoms with E-state index < -0.39 is 17.7 Å². The molecule has 0 spiro atoms. The fourth-order valence-corrected chi connectivity index (χ4v) is 4.93. The van der Waals surface area contributed by atoms with Crippen molar-refractivity contribution in [1.29, 1.82) is 0 Å². The van der Waals surface area contributed by atoms with Crippen molar-refractivity contribution in [2.75, 3.05) is 13.7 Å². The largest absolute Gasteiger partial charge is 0.485 e. The number of methoxy groups -OCH3 is 1. The van der Waals surface area contributed by atoms with Gasteiger partial charge in [-0.25, -0.2) is 0 Å². The predicted molar refractivity (Wildman–Crippen MR) is 133 cm³/mol. The standard InChI is InChI=1S/C27H28F3NO4S/c1-5-21(22-10-11-23(36-22)26(33)31-13-12-24(32)34-4)35-20-14-16(2)25(17(3)15-20)18-6-8-19(9-7-18)27(28,29)30/h6-11,14-15,21H,5,12-13H2,1-4H3,(H,31,33). The monoisotopic (exact) mass is 519 g/mol. The minimum absolute atomic E-state index is 0.0995. The highest BCUT2D eigenvalue weighted by molar-refractivity contribution is 7.14. The maximum absolute atomic E-state index is 12.9. The van der Waals surface area contributed by atoms with Gasteiger partial charge in [-0.15, -0.1) is 11.3 Å². The number of hydrogen-bond acceptors (Lipinski definition) is 5. The Morgan fingerprint density at radius 1 is 1.03 bits per heavy atom. The Bertz CT molecular complexity index is 1200. The maximum Gasteiger partial charge on any atom is 0.416 e. The summed E-state index contributed by atoms with van der Waals surface area (Å²) in [5.41, 5.74) is 2.66. The fraction of sp³-hybridized carbons (Fsp3) is 0.333. The van der Waals surface area contributed by atoms with Crippen LogP contribution >= 0.6 is 11.3 Å². The number of benzene rings is 2. The molecule has 2 aromatic carbocycles. The van der Waals surface area contributed by atoms with Crippen molar-refractivity contribution >= 4 is 23.2 Å². The number of hydrogen-bond donors (Lipinski definition) is 1. The molecule has 0 aliphatic rings. The highest BCUT2D eigenvalue weighted by Gasteiger charge is 2.30. The number of amides is 1. The van der Waals surface area contributed by atoms with Crippen molar-refractivity contribution in [3.05, 3.63) is 75.0 Å². The quantitative estimate of drug-likeness (QED) is 0.313. The zero-order valence-corrected chi connectivity index (χ0v) is 21.3.